The SMILES string of the molecule is O=C1CC[C@@H](C(=O)N(CCO)CCO)CN1CCc1ccccc1. The molecule has 24 heavy (non-hydrogen) atoms. The number of aliphatic hydroxyl groups is 2. The summed E-state index contributed by atoms with van der Waals surface area (Å²) < 4.78 is 0. The molecule has 1 aliphatic rings. The Hall–Kier alpha value is -1.92. The van der Waals surface area contributed by atoms with Crippen molar-refractivity contribution in [2.24, 2.45) is 5.92 Å². The molecule has 1 atom stereocenters. The largest absolute Gasteiger partial charge is 0.395 e. The van der Waals surface area contributed by atoms with E-state index in [2.05, 4.69) is 0 Å². The van der Waals surface area contributed by atoms with Crippen LogP contribution in [0.25, 0.3) is 0 Å². The van der Waals surface area contributed by atoms with Gasteiger partial charge in [0.25, 0.3) is 0 Å². The molecule has 1 aliphatic heterocycles. The van der Waals surface area contributed by atoms with Gasteiger partial charge in [-0.3, -0.25) is 9.59 Å². The van der Waals surface area contributed by atoms with E-state index in [1.165, 1.54) is 10.5 Å². The summed E-state index contributed by atoms with van der Waals surface area (Å²) in [4.78, 5) is 27.9. The Morgan fingerprint density at radius 3 is 2.46 bits per heavy atom. The van der Waals surface area contributed by atoms with Crippen molar-refractivity contribution in [1.82, 2.24) is 9.80 Å². The zero-order valence-corrected chi connectivity index (χ0v) is 13.9. The van der Waals surface area contributed by atoms with Gasteiger partial charge in [0.05, 0.1) is 19.1 Å². The summed E-state index contributed by atoms with van der Waals surface area (Å²) in [6, 6.07) is 9.96. The topological polar surface area (TPSA) is 81.1 Å². The third-order valence-electron chi connectivity index (χ3n) is 4.41. The van der Waals surface area contributed by atoms with E-state index < -0.39 is 0 Å². The standard InChI is InChI=1S/C18H26N2O4/c21-12-10-19(11-13-22)18(24)16-6-7-17(23)20(14-16)9-8-15-4-2-1-3-5-15/h1-5,16,21-22H,6-14H2/t16-/m1/s1. The van der Waals surface area contributed by atoms with Gasteiger partial charge in [-0.25, -0.2) is 0 Å². The normalized spacial score (nSPS) is 17.8. The molecule has 2 N–H and O–H groups in total. The molecule has 2 rings (SSSR count). The Kier molecular flexibility index (Phi) is 7.21. The first kappa shape index (κ1) is 18.4. The molecule has 1 saturated heterocycles. The van der Waals surface area contributed by atoms with Crippen LogP contribution in [-0.4, -0.2) is 71.2 Å². The maximum atomic E-state index is 12.6. The monoisotopic (exact) mass is 334 g/mol. The van der Waals surface area contributed by atoms with E-state index in [-0.39, 0.29) is 44.0 Å². The quantitative estimate of drug-likeness (QED) is 0.716. The highest BCUT2D eigenvalue weighted by Gasteiger charge is 2.32. The predicted molar refractivity (Wildman–Crippen MR) is 90.2 cm³/mol. The van der Waals surface area contributed by atoms with Crippen LogP contribution in [0.15, 0.2) is 30.3 Å². The number of piperidine rings is 1. The van der Waals surface area contributed by atoms with Crippen LogP contribution in [0.4, 0.5) is 0 Å². The summed E-state index contributed by atoms with van der Waals surface area (Å²) in [5, 5.41) is 18.1. The lowest BCUT2D eigenvalue weighted by Gasteiger charge is -2.34. The van der Waals surface area contributed by atoms with Gasteiger partial charge >= 0.3 is 0 Å². The molecule has 0 radical (unpaired) electrons. The van der Waals surface area contributed by atoms with Gasteiger partial charge in [-0.1, -0.05) is 30.3 Å². The molecule has 0 aromatic heterocycles. The van der Waals surface area contributed by atoms with Crippen LogP contribution in [0.1, 0.15) is 18.4 Å². The Labute approximate surface area is 142 Å². The van der Waals surface area contributed by atoms with Gasteiger partial charge in [0, 0.05) is 32.6 Å². The van der Waals surface area contributed by atoms with Gasteiger partial charge in [0.15, 0.2) is 0 Å². The van der Waals surface area contributed by atoms with Crippen LogP contribution in [0.5, 0.6) is 0 Å². The van der Waals surface area contributed by atoms with Gasteiger partial charge in [-0.05, 0) is 18.4 Å². The number of benzene rings is 1. The number of carbonyl (C=O) groups is 2. The molecule has 0 bridgehead atoms. The van der Waals surface area contributed by atoms with Crippen LogP contribution in [0.2, 0.25) is 0 Å². The van der Waals surface area contributed by atoms with Crippen molar-refractivity contribution < 1.29 is 19.8 Å². The van der Waals surface area contributed by atoms with Crippen molar-refractivity contribution in [2.75, 3.05) is 39.4 Å². The predicted octanol–water partition coefficient (Wildman–Crippen LogP) is 0.281. The van der Waals surface area contributed by atoms with E-state index in [9.17, 15) is 9.59 Å². The highest BCUT2D eigenvalue weighted by molar-refractivity contribution is 5.84. The second kappa shape index (κ2) is 9.39. The molecular formula is C18H26N2O4. The Bertz CT molecular complexity index is 529. The van der Waals surface area contributed by atoms with Crippen LogP contribution in [0, 0.1) is 5.92 Å². The number of likely N-dealkylation sites (tertiary alicyclic amines) is 1. The second-order valence-electron chi connectivity index (χ2n) is 6.08. The number of nitrogens with zero attached hydrogens (tertiary/aromatic N) is 2. The number of rotatable bonds is 8. The molecule has 0 aliphatic carbocycles. The smallest absolute Gasteiger partial charge is 0.227 e. The first-order valence-corrected chi connectivity index (χ1v) is 8.48. The van der Waals surface area contributed by atoms with E-state index in [0.717, 1.165) is 6.42 Å². The summed E-state index contributed by atoms with van der Waals surface area (Å²) in [6.45, 7) is 1.19. The van der Waals surface area contributed by atoms with Crippen molar-refractivity contribution in [2.45, 2.75) is 19.3 Å². The molecule has 0 saturated carbocycles. The number of carbonyl (C=O) groups excluding carboxylic acids is 2. The van der Waals surface area contributed by atoms with E-state index in [1.807, 2.05) is 30.3 Å². The minimum atomic E-state index is -0.253. The first-order valence-electron chi connectivity index (χ1n) is 8.48. The van der Waals surface area contributed by atoms with Gasteiger partial charge < -0.3 is 20.0 Å². The highest BCUT2D eigenvalue weighted by atomic mass is 16.3. The highest BCUT2D eigenvalue weighted by Crippen LogP contribution is 2.20. The fourth-order valence-corrected chi connectivity index (χ4v) is 3.07. The van der Waals surface area contributed by atoms with Crippen molar-refractivity contribution in [3.05, 3.63) is 35.9 Å². The Balaban J connectivity index is 1.93. The Morgan fingerprint density at radius 1 is 1.17 bits per heavy atom. The number of hydrogen-bond acceptors (Lipinski definition) is 4. The van der Waals surface area contributed by atoms with E-state index in [0.29, 0.717) is 25.9 Å². The van der Waals surface area contributed by atoms with Gasteiger partial charge in [-0.2, -0.15) is 0 Å². The molecule has 1 aromatic carbocycles. The van der Waals surface area contributed by atoms with Crippen molar-refractivity contribution >= 4 is 11.8 Å². The lowest BCUT2D eigenvalue weighted by molar-refractivity contribution is -0.143. The molecule has 6 nitrogen and oxygen atoms in total. The molecule has 132 valence electrons. The maximum Gasteiger partial charge on any atom is 0.227 e. The van der Waals surface area contributed by atoms with Gasteiger partial charge in [-0.15, -0.1) is 0 Å². The third-order valence-corrected chi connectivity index (χ3v) is 4.41. The summed E-state index contributed by atoms with van der Waals surface area (Å²) in [7, 11) is 0. The second-order valence-corrected chi connectivity index (χ2v) is 6.08. The number of hydrogen-bond donors (Lipinski definition) is 2. The van der Waals surface area contributed by atoms with Crippen molar-refractivity contribution in [3.63, 3.8) is 0 Å². The zero-order chi connectivity index (χ0) is 17.4. The van der Waals surface area contributed by atoms with Crippen LogP contribution >= 0.6 is 0 Å². The third kappa shape index (κ3) is 5.04. The molecule has 6 heteroatoms. The minimum Gasteiger partial charge on any atom is -0.395 e. The molecule has 1 aromatic rings. The van der Waals surface area contributed by atoms with Crippen LogP contribution in [-0.2, 0) is 16.0 Å². The minimum absolute atomic E-state index is 0.0877. The van der Waals surface area contributed by atoms with Crippen LogP contribution in [0.3, 0.4) is 0 Å². The molecule has 1 fully saturated rings. The lowest BCUT2D eigenvalue weighted by Crippen LogP contribution is -2.48. The van der Waals surface area contributed by atoms with Crippen molar-refractivity contribution in [3.8, 4) is 0 Å². The lowest BCUT2D eigenvalue weighted by atomic mass is 9.95. The van der Waals surface area contributed by atoms with E-state index in [4.69, 9.17) is 10.2 Å². The molecule has 0 spiro atoms. The summed E-state index contributed by atoms with van der Waals surface area (Å²) in [5.41, 5.74) is 1.17. The fraction of sp³-hybridized carbons (Fsp3) is 0.556. The molecule has 0 unspecified atom stereocenters. The fourth-order valence-electron chi connectivity index (χ4n) is 3.07. The molecule has 2 amide bonds. The van der Waals surface area contributed by atoms with E-state index >= 15 is 0 Å². The average Bonchev–Trinajstić information content (AvgIpc) is 2.61. The summed E-state index contributed by atoms with van der Waals surface area (Å²) >= 11 is 0. The maximum absolute atomic E-state index is 12.6. The summed E-state index contributed by atoms with van der Waals surface area (Å²) in [6.07, 6.45) is 1.68. The average molecular weight is 334 g/mol. The van der Waals surface area contributed by atoms with Gasteiger partial charge in [0.2, 0.25) is 11.8 Å². The van der Waals surface area contributed by atoms with Crippen LogP contribution < -0.4 is 0 Å². The summed E-state index contributed by atoms with van der Waals surface area (Å²) in [5.74, 6) is -0.252. The number of amides is 2. The van der Waals surface area contributed by atoms with E-state index in [1.54, 1.807) is 4.90 Å². The zero-order valence-electron chi connectivity index (χ0n) is 13.9. The Morgan fingerprint density at radius 2 is 1.83 bits per heavy atom. The van der Waals surface area contributed by atoms with Crippen molar-refractivity contribution in [1.29, 1.82) is 0 Å². The molecular weight excluding hydrogens is 308 g/mol. The number of aliphatic hydroxyl groups excluding tert-OH is 2. The first-order chi connectivity index (χ1) is 11.7. The molecule has 1 heterocycles. The van der Waals surface area contributed by atoms with Gasteiger partial charge in [0.1, 0.15) is 0 Å².